The van der Waals surface area contributed by atoms with Crippen molar-refractivity contribution in [3.05, 3.63) is 29.8 Å². The molecule has 1 aromatic carbocycles. The molecule has 0 radical (unpaired) electrons. The Hall–Kier alpha value is -1.15. The van der Waals surface area contributed by atoms with Gasteiger partial charge in [-0.15, -0.1) is 12.4 Å². The van der Waals surface area contributed by atoms with Crippen LogP contribution < -0.4 is 10.6 Å². The summed E-state index contributed by atoms with van der Waals surface area (Å²) in [6.45, 7) is 4.15. The molecule has 2 heterocycles. The summed E-state index contributed by atoms with van der Waals surface area (Å²) in [5.41, 5.74) is 0.396. The first-order chi connectivity index (χ1) is 11.5. The van der Waals surface area contributed by atoms with E-state index in [9.17, 15) is 13.2 Å². The average Bonchev–Trinajstić information content (AvgIpc) is 3.08. The van der Waals surface area contributed by atoms with Gasteiger partial charge in [-0.1, -0.05) is 12.5 Å². The molecule has 3 rings (SSSR count). The van der Waals surface area contributed by atoms with Gasteiger partial charge >= 0.3 is 0 Å². The second-order valence-corrected chi connectivity index (χ2v) is 8.54. The van der Waals surface area contributed by atoms with E-state index in [0.717, 1.165) is 38.8 Å². The molecule has 0 aliphatic carbocycles. The van der Waals surface area contributed by atoms with Crippen molar-refractivity contribution in [1.29, 1.82) is 0 Å². The van der Waals surface area contributed by atoms with Crippen molar-refractivity contribution in [3.8, 4) is 0 Å². The van der Waals surface area contributed by atoms with Crippen LogP contribution in [0.1, 0.15) is 43.0 Å². The molecular weight excluding hydrogens is 362 g/mol. The van der Waals surface area contributed by atoms with Crippen molar-refractivity contribution >= 4 is 28.3 Å². The maximum Gasteiger partial charge on any atom is 0.251 e. The van der Waals surface area contributed by atoms with Crippen molar-refractivity contribution in [2.75, 3.05) is 19.6 Å². The van der Waals surface area contributed by atoms with E-state index in [2.05, 4.69) is 10.6 Å². The molecule has 6 nitrogen and oxygen atoms in total. The molecule has 25 heavy (non-hydrogen) atoms. The zero-order valence-electron chi connectivity index (χ0n) is 14.4. The van der Waals surface area contributed by atoms with Gasteiger partial charge in [0.25, 0.3) is 5.91 Å². The van der Waals surface area contributed by atoms with Crippen LogP contribution in [0.4, 0.5) is 0 Å². The Morgan fingerprint density at radius 3 is 2.76 bits per heavy atom. The summed E-state index contributed by atoms with van der Waals surface area (Å²) in [5, 5.41) is 6.15. The predicted octanol–water partition coefficient (Wildman–Crippen LogP) is 1.76. The van der Waals surface area contributed by atoms with Crippen LogP contribution in [0, 0.1) is 0 Å². The lowest BCUT2D eigenvalue weighted by Crippen LogP contribution is -2.42. The Labute approximate surface area is 155 Å². The van der Waals surface area contributed by atoms with Crippen LogP contribution in [0.25, 0.3) is 0 Å². The lowest BCUT2D eigenvalue weighted by atomic mass is 10.1. The van der Waals surface area contributed by atoms with E-state index < -0.39 is 10.0 Å². The summed E-state index contributed by atoms with van der Waals surface area (Å²) < 4.78 is 27.4. The van der Waals surface area contributed by atoms with Gasteiger partial charge < -0.3 is 10.6 Å². The first-order valence-corrected chi connectivity index (χ1v) is 10.1. The van der Waals surface area contributed by atoms with Crippen LogP contribution in [0.3, 0.4) is 0 Å². The third-order valence-electron chi connectivity index (χ3n) is 4.84. The second kappa shape index (κ2) is 8.49. The number of carbonyl (C=O) groups is 1. The van der Waals surface area contributed by atoms with Crippen molar-refractivity contribution < 1.29 is 13.2 Å². The maximum atomic E-state index is 12.9. The molecule has 0 bridgehead atoms. The fraction of sp³-hybridized carbons (Fsp3) is 0.588. The first kappa shape index (κ1) is 20.2. The molecule has 0 saturated carbocycles. The number of halogens is 1. The summed E-state index contributed by atoms with van der Waals surface area (Å²) in [6.07, 6.45) is 3.73. The molecule has 1 aromatic rings. The minimum atomic E-state index is -3.55. The highest BCUT2D eigenvalue weighted by molar-refractivity contribution is 7.89. The highest BCUT2D eigenvalue weighted by Crippen LogP contribution is 2.25. The number of benzene rings is 1. The predicted molar refractivity (Wildman–Crippen MR) is 99.6 cm³/mol. The van der Waals surface area contributed by atoms with Crippen molar-refractivity contribution in [1.82, 2.24) is 14.9 Å². The van der Waals surface area contributed by atoms with Crippen LogP contribution >= 0.6 is 12.4 Å². The summed E-state index contributed by atoms with van der Waals surface area (Å²) >= 11 is 0. The molecule has 2 aliphatic heterocycles. The molecule has 2 fully saturated rings. The molecular formula is C17H26ClN3O3S. The van der Waals surface area contributed by atoms with Gasteiger partial charge in [0, 0.05) is 30.7 Å². The van der Waals surface area contributed by atoms with Crippen molar-refractivity contribution in [2.24, 2.45) is 0 Å². The molecule has 2 unspecified atom stereocenters. The number of sulfonamides is 1. The Bertz CT molecular complexity index is 705. The summed E-state index contributed by atoms with van der Waals surface area (Å²) in [7, 11) is -3.55. The van der Waals surface area contributed by atoms with Crippen LogP contribution in [0.5, 0.6) is 0 Å². The first-order valence-electron chi connectivity index (χ1n) is 8.62. The van der Waals surface area contributed by atoms with E-state index in [1.807, 2.05) is 6.92 Å². The van der Waals surface area contributed by atoms with Crippen molar-refractivity contribution in [3.63, 3.8) is 0 Å². The van der Waals surface area contributed by atoms with E-state index >= 15 is 0 Å². The van der Waals surface area contributed by atoms with Gasteiger partial charge in [-0.3, -0.25) is 4.79 Å². The summed E-state index contributed by atoms with van der Waals surface area (Å²) in [4.78, 5) is 12.6. The van der Waals surface area contributed by atoms with Crippen LogP contribution in [-0.2, 0) is 10.0 Å². The Morgan fingerprint density at radius 2 is 2.08 bits per heavy atom. The quantitative estimate of drug-likeness (QED) is 0.825. The van der Waals surface area contributed by atoms with E-state index in [1.54, 1.807) is 22.5 Å². The van der Waals surface area contributed by atoms with Gasteiger partial charge in [0.05, 0.1) is 4.90 Å². The lowest BCUT2D eigenvalue weighted by Gasteiger charge is -2.32. The standard InChI is InChI=1S/C17H25N3O3S.ClH/c1-13-5-2-3-10-20(13)24(22,23)16-7-4-6-14(11-16)17(21)19-15-8-9-18-12-15;/h4,6-7,11,13,15,18H,2-3,5,8-10,12H2,1H3,(H,19,21);1H. The zero-order valence-corrected chi connectivity index (χ0v) is 16.0. The number of piperidine rings is 1. The number of carbonyl (C=O) groups excluding carboxylic acids is 1. The van der Waals surface area contributed by atoms with Crippen LogP contribution in [-0.4, -0.2) is 50.3 Å². The van der Waals surface area contributed by atoms with Gasteiger partial charge in [-0.05, 0) is 50.9 Å². The molecule has 2 saturated heterocycles. The maximum absolute atomic E-state index is 12.9. The second-order valence-electron chi connectivity index (χ2n) is 6.65. The number of hydrogen-bond acceptors (Lipinski definition) is 4. The Kier molecular flexibility index (Phi) is 6.85. The molecule has 2 N–H and O–H groups in total. The number of amides is 1. The fourth-order valence-electron chi connectivity index (χ4n) is 3.41. The smallest absolute Gasteiger partial charge is 0.251 e. The molecule has 8 heteroatoms. The summed E-state index contributed by atoms with van der Waals surface area (Å²) in [6, 6.07) is 6.49. The Balaban J connectivity index is 0.00000225. The number of nitrogens with one attached hydrogen (secondary N) is 2. The normalized spacial score (nSPS) is 24.5. The van der Waals surface area contributed by atoms with Gasteiger partial charge in [0.15, 0.2) is 0 Å². The molecule has 2 aliphatic rings. The fourth-order valence-corrected chi connectivity index (χ4v) is 5.15. The Morgan fingerprint density at radius 1 is 1.28 bits per heavy atom. The number of hydrogen-bond donors (Lipinski definition) is 2. The van der Waals surface area contributed by atoms with Crippen LogP contribution in [0.15, 0.2) is 29.2 Å². The third-order valence-corrected chi connectivity index (χ3v) is 6.85. The van der Waals surface area contributed by atoms with E-state index in [0.29, 0.717) is 12.1 Å². The highest BCUT2D eigenvalue weighted by Gasteiger charge is 2.31. The zero-order chi connectivity index (χ0) is 17.2. The van der Waals surface area contributed by atoms with Crippen molar-refractivity contribution in [2.45, 2.75) is 49.6 Å². The topological polar surface area (TPSA) is 78.5 Å². The largest absolute Gasteiger partial charge is 0.348 e. The SMILES string of the molecule is CC1CCCCN1S(=O)(=O)c1cccc(C(=O)NC2CCNC2)c1.Cl. The van der Waals surface area contributed by atoms with Gasteiger partial charge in [0.1, 0.15) is 0 Å². The van der Waals surface area contributed by atoms with Gasteiger partial charge in [-0.25, -0.2) is 8.42 Å². The lowest BCUT2D eigenvalue weighted by molar-refractivity contribution is 0.0940. The highest BCUT2D eigenvalue weighted by atomic mass is 35.5. The van der Waals surface area contributed by atoms with Gasteiger partial charge in [-0.2, -0.15) is 4.31 Å². The van der Waals surface area contributed by atoms with Crippen LogP contribution in [0.2, 0.25) is 0 Å². The molecule has 0 aromatic heterocycles. The average molecular weight is 388 g/mol. The summed E-state index contributed by atoms with van der Waals surface area (Å²) in [5.74, 6) is -0.215. The van der Waals surface area contributed by atoms with E-state index in [1.165, 1.54) is 6.07 Å². The third kappa shape index (κ3) is 4.53. The van der Waals surface area contributed by atoms with Gasteiger partial charge in [0.2, 0.25) is 10.0 Å². The van der Waals surface area contributed by atoms with E-state index in [4.69, 9.17) is 0 Å². The molecule has 140 valence electrons. The number of rotatable bonds is 4. The minimum absolute atomic E-state index is 0. The van der Waals surface area contributed by atoms with E-state index in [-0.39, 0.29) is 35.3 Å². The number of nitrogens with zero attached hydrogens (tertiary/aromatic N) is 1. The molecule has 1 amide bonds. The molecule has 2 atom stereocenters. The minimum Gasteiger partial charge on any atom is -0.348 e. The molecule has 0 spiro atoms. The monoisotopic (exact) mass is 387 g/mol.